The van der Waals surface area contributed by atoms with Crippen LogP contribution < -0.4 is 5.84 Å². The number of hydrogen-bond donors (Lipinski definition) is 1. The first-order chi connectivity index (χ1) is 10.6. The highest BCUT2D eigenvalue weighted by atomic mass is 15.4. The number of piperidine rings is 2. The Bertz CT molecular complexity index is 443. The molecule has 2 fully saturated rings. The maximum Gasteiger partial charge on any atom is 0.165 e. The fourth-order valence-corrected chi connectivity index (χ4v) is 3.84. The molecule has 0 unspecified atom stereocenters. The summed E-state index contributed by atoms with van der Waals surface area (Å²) in [6.45, 7) is 10.9. The van der Waals surface area contributed by atoms with Gasteiger partial charge in [0.1, 0.15) is 0 Å². The molecule has 0 amide bonds. The zero-order chi connectivity index (χ0) is 15.5. The smallest absolute Gasteiger partial charge is 0.165 e. The van der Waals surface area contributed by atoms with Crippen molar-refractivity contribution in [1.29, 1.82) is 0 Å². The molecule has 6 heteroatoms. The summed E-state index contributed by atoms with van der Waals surface area (Å²) in [7, 11) is 0. The van der Waals surface area contributed by atoms with Gasteiger partial charge >= 0.3 is 0 Å². The molecule has 2 aliphatic heterocycles. The van der Waals surface area contributed by atoms with Gasteiger partial charge in [0.05, 0.1) is 13.1 Å². The summed E-state index contributed by atoms with van der Waals surface area (Å²) in [6, 6.07) is 0. The summed E-state index contributed by atoms with van der Waals surface area (Å²) in [5.41, 5.74) is 0. The van der Waals surface area contributed by atoms with Crippen LogP contribution in [0.3, 0.4) is 0 Å². The molecule has 1 aromatic heterocycles. The van der Waals surface area contributed by atoms with Gasteiger partial charge in [-0.3, -0.25) is 9.80 Å². The normalized spacial score (nSPS) is 28.1. The van der Waals surface area contributed by atoms with Gasteiger partial charge in [-0.2, -0.15) is 0 Å². The Morgan fingerprint density at radius 3 is 1.77 bits per heavy atom. The largest absolute Gasteiger partial charge is 0.336 e. The minimum atomic E-state index is 0.775. The Hall–Kier alpha value is -1.14. The second-order valence-corrected chi connectivity index (χ2v) is 7.37. The highest BCUT2D eigenvalue weighted by Gasteiger charge is 2.22. The van der Waals surface area contributed by atoms with E-state index in [4.69, 9.17) is 5.84 Å². The van der Waals surface area contributed by atoms with Crippen molar-refractivity contribution in [3.63, 3.8) is 0 Å². The van der Waals surface area contributed by atoms with Crippen molar-refractivity contribution in [3.8, 4) is 0 Å². The number of hydrogen-bond acceptors (Lipinski definition) is 5. The van der Waals surface area contributed by atoms with Crippen LogP contribution in [0.15, 0.2) is 0 Å². The van der Waals surface area contributed by atoms with Gasteiger partial charge in [-0.05, 0) is 50.6 Å². The Labute approximate surface area is 133 Å². The van der Waals surface area contributed by atoms with Crippen LogP contribution in [0.1, 0.15) is 51.2 Å². The highest BCUT2D eigenvalue weighted by molar-refractivity contribution is 4.97. The van der Waals surface area contributed by atoms with Crippen LogP contribution in [0.25, 0.3) is 0 Å². The number of nitrogens with zero attached hydrogens (tertiary/aromatic N) is 5. The van der Waals surface area contributed by atoms with Crippen molar-refractivity contribution in [2.45, 2.75) is 52.6 Å². The number of rotatable bonds is 4. The third-order valence-electron chi connectivity index (χ3n) is 5.05. The molecule has 0 aliphatic carbocycles. The van der Waals surface area contributed by atoms with E-state index in [-0.39, 0.29) is 0 Å². The van der Waals surface area contributed by atoms with E-state index in [0.29, 0.717) is 0 Å². The van der Waals surface area contributed by atoms with Crippen molar-refractivity contribution in [1.82, 2.24) is 24.7 Å². The van der Waals surface area contributed by atoms with Crippen molar-refractivity contribution in [3.05, 3.63) is 11.6 Å². The summed E-state index contributed by atoms with van der Waals surface area (Å²) < 4.78 is 1.72. The molecule has 0 radical (unpaired) electrons. The molecule has 2 N–H and O–H groups in total. The van der Waals surface area contributed by atoms with E-state index < -0.39 is 0 Å². The first kappa shape index (κ1) is 15.7. The lowest BCUT2D eigenvalue weighted by Gasteiger charge is -2.30. The molecule has 0 saturated carbocycles. The molecule has 2 saturated heterocycles. The summed E-state index contributed by atoms with van der Waals surface area (Å²) in [6.07, 6.45) is 5.23. The fraction of sp³-hybridized carbons (Fsp3) is 0.875. The third kappa shape index (κ3) is 3.79. The van der Waals surface area contributed by atoms with Crippen LogP contribution in [0.4, 0.5) is 0 Å². The van der Waals surface area contributed by atoms with Crippen molar-refractivity contribution >= 4 is 0 Å². The molecule has 2 atom stereocenters. The topological polar surface area (TPSA) is 63.2 Å². The predicted molar refractivity (Wildman–Crippen MR) is 87.5 cm³/mol. The lowest BCUT2D eigenvalue weighted by molar-refractivity contribution is 0.168. The summed E-state index contributed by atoms with van der Waals surface area (Å²) >= 11 is 0. The number of likely N-dealkylation sites (tertiary alicyclic amines) is 2. The molecule has 0 aromatic carbocycles. The molecule has 22 heavy (non-hydrogen) atoms. The average molecular weight is 306 g/mol. The first-order valence-electron chi connectivity index (χ1n) is 8.74. The standard InChI is InChI=1S/C16H30N6/c1-13-5-3-7-20(9-13)11-15-18-19-16(22(15)17)12-21-8-4-6-14(2)10-21/h13-14H,3-12,17H2,1-2H3/t13-,14-/m0/s1. The third-order valence-corrected chi connectivity index (χ3v) is 5.05. The zero-order valence-corrected chi connectivity index (χ0v) is 14.0. The van der Waals surface area contributed by atoms with Crippen LogP contribution in [-0.2, 0) is 13.1 Å². The fourth-order valence-electron chi connectivity index (χ4n) is 3.84. The average Bonchev–Trinajstić information content (AvgIpc) is 2.80. The van der Waals surface area contributed by atoms with E-state index in [2.05, 4.69) is 33.8 Å². The second-order valence-electron chi connectivity index (χ2n) is 7.37. The van der Waals surface area contributed by atoms with Gasteiger partial charge in [0.25, 0.3) is 0 Å². The van der Waals surface area contributed by atoms with Crippen molar-refractivity contribution < 1.29 is 0 Å². The second kappa shape index (κ2) is 6.96. The van der Waals surface area contributed by atoms with Crippen molar-refractivity contribution in [2.75, 3.05) is 32.0 Å². The Morgan fingerprint density at radius 2 is 1.36 bits per heavy atom. The molecular weight excluding hydrogens is 276 g/mol. The van der Waals surface area contributed by atoms with Crippen LogP contribution in [0.2, 0.25) is 0 Å². The summed E-state index contributed by atoms with van der Waals surface area (Å²) in [4.78, 5) is 4.91. The van der Waals surface area contributed by atoms with Crippen LogP contribution in [-0.4, -0.2) is 50.9 Å². The Morgan fingerprint density at radius 1 is 0.909 bits per heavy atom. The molecule has 1 aromatic rings. The van der Waals surface area contributed by atoms with E-state index in [9.17, 15) is 0 Å². The Kier molecular flexibility index (Phi) is 4.98. The SMILES string of the molecule is C[C@H]1CCCN(Cc2nnc(CN3CCC[C@H](C)C3)n2N)C1. The number of nitrogens with two attached hydrogens (primary N) is 1. The van der Waals surface area contributed by atoms with Gasteiger partial charge in [0, 0.05) is 13.1 Å². The van der Waals surface area contributed by atoms with Crippen LogP contribution in [0, 0.1) is 11.8 Å². The maximum atomic E-state index is 6.25. The molecule has 124 valence electrons. The highest BCUT2D eigenvalue weighted by Crippen LogP contribution is 2.19. The zero-order valence-electron chi connectivity index (χ0n) is 14.0. The molecule has 0 bridgehead atoms. The monoisotopic (exact) mass is 306 g/mol. The minimum Gasteiger partial charge on any atom is -0.336 e. The van der Waals surface area contributed by atoms with Gasteiger partial charge in [0.15, 0.2) is 11.6 Å². The number of aromatic nitrogens is 3. The summed E-state index contributed by atoms with van der Waals surface area (Å²) in [5.74, 6) is 9.59. The van der Waals surface area contributed by atoms with Crippen LogP contribution in [0.5, 0.6) is 0 Å². The van der Waals surface area contributed by atoms with Gasteiger partial charge < -0.3 is 5.84 Å². The number of nitrogen functional groups attached to an aromatic ring is 1. The van der Waals surface area contributed by atoms with Gasteiger partial charge in [-0.15, -0.1) is 10.2 Å². The molecule has 0 spiro atoms. The van der Waals surface area contributed by atoms with E-state index in [0.717, 1.165) is 62.8 Å². The van der Waals surface area contributed by atoms with Gasteiger partial charge in [-0.1, -0.05) is 13.8 Å². The maximum absolute atomic E-state index is 6.25. The lowest BCUT2D eigenvalue weighted by atomic mass is 10.0. The van der Waals surface area contributed by atoms with Gasteiger partial charge in [0.2, 0.25) is 0 Å². The molecule has 6 nitrogen and oxygen atoms in total. The molecule has 3 rings (SSSR count). The van der Waals surface area contributed by atoms with E-state index in [1.54, 1.807) is 4.68 Å². The first-order valence-corrected chi connectivity index (χ1v) is 8.74. The quantitative estimate of drug-likeness (QED) is 0.853. The summed E-state index contributed by atoms with van der Waals surface area (Å²) in [5, 5.41) is 8.68. The van der Waals surface area contributed by atoms with Crippen molar-refractivity contribution in [2.24, 2.45) is 11.8 Å². The van der Waals surface area contributed by atoms with E-state index >= 15 is 0 Å². The van der Waals surface area contributed by atoms with Crippen LogP contribution >= 0.6 is 0 Å². The minimum absolute atomic E-state index is 0.775. The van der Waals surface area contributed by atoms with Gasteiger partial charge in [-0.25, -0.2) is 4.68 Å². The molecular formula is C16H30N6. The predicted octanol–water partition coefficient (Wildman–Crippen LogP) is 1.46. The van der Waals surface area contributed by atoms with E-state index in [1.165, 1.54) is 25.7 Å². The van der Waals surface area contributed by atoms with E-state index in [1.807, 2.05) is 0 Å². The molecule has 2 aliphatic rings. The molecule has 3 heterocycles. The Balaban J connectivity index is 1.59. The lowest BCUT2D eigenvalue weighted by Crippen LogP contribution is -2.36.